The van der Waals surface area contributed by atoms with Crippen LogP contribution in [-0.2, 0) is 0 Å². The summed E-state index contributed by atoms with van der Waals surface area (Å²) in [5.74, 6) is 0. The molecular formula is C43H28BN3. The van der Waals surface area contributed by atoms with E-state index in [1.54, 1.807) is 0 Å². The van der Waals surface area contributed by atoms with Gasteiger partial charge in [0.1, 0.15) is 6.07 Å². The summed E-state index contributed by atoms with van der Waals surface area (Å²) in [5, 5.41) is 10.6. The molecule has 2 heterocycles. The van der Waals surface area contributed by atoms with Crippen LogP contribution < -0.4 is 26.2 Å². The third-order valence-electron chi connectivity index (χ3n) is 9.45. The predicted molar refractivity (Wildman–Crippen MR) is 196 cm³/mol. The predicted octanol–water partition coefficient (Wildman–Crippen LogP) is 8.97. The van der Waals surface area contributed by atoms with E-state index in [1.165, 1.54) is 27.7 Å². The Morgan fingerprint density at radius 3 is 1.51 bits per heavy atom. The Bertz CT molecular complexity index is 2310. The van der Waals surface area contributed by atoms with Gasteiger partial charge in [0.2, 0.25) is 0 Å². The number of nitrogens with zero attached hydrogens (tertiary/aromatic N) is 3. The largest absolute Gasteiger partial charge is 0.311 e. The number of fused-ring (bicyclic) bond motifs is 4. The lowest BCUT2D eigenvalue weighted by Gasteiger charge is -2.45. The van der Waals surface area contributed by atoms with Crippen molar-refractivity contribution in [2.75, 3.05) is 9.80 Å². The van der Waals surface area contributed by atoms with Gasteiger partial charge in [0.05, 0.1) is 11.3 Å². The lowest BCUT2D eigenvalue weighted by atomic mass is 9.33. The molecule has 0 saturated heterocycles. The highest BCUT2D eigenvalue weighted by Gasteiger charge is 2.45. The van der Waals surface area contributed by atoms with Crippen LogP contribution in [0, 0.1) is 11.3 Å². The van der Waals surface area contributed by atoms with E-state index < -0.39 is 0 Å². The first kappa shape index (κ1) is 27.0. The number of hydrogen-bond donors (Lipinski definition) is 0. The van der Waals surface area contributed by atoms with E-state index in [0.717, 1.165) is 45.0 Å². The van der Waals surface area contributed by atoms with Crippen molar-refractivity contribution in [1.82, 2.24) is 0 Å². The summed E-state index contributed by atoms with van der Waals surface area (Å²) in [6.45, 7) is -0.0771. The molecule has 0 atom stereocenters. The topological polar surface area (TPSA) is 30.3 Å². The standard InChI is InChI=1S/C43H28BN3/c45-29-32-19-13-25-37-42(32)46(34-20-9-3-10-21-34)39-27-33(30-15-5-1-6-16-30)28-40-41(39)44(37)38-26-14-24-36(31-17-7-2-8-18-31)43(38)47(40)35-22-11-4-12-23-35/h1-28H. The maximum absolute atomic E-state index is 10.6. The summed E-state index contributed by atoms with van der Waals surface area (Å²) in [4.78, 5) is 4.77. The molecule has 2 aliphatic heterocycles. The molecule has 0 spiro atoms. The van der Waals surface area contributed by atoms with E-state index in [0.29, 0.717) is 5.56 Å². The average Bonchev–Trinajstić information content (AvgIpc) is 3.15. The molecule has 9 rings (SSSR count). The second kappa shape index (κ2) is 10.9. The van der Waals surface area contributed by atoms with Crippen LogP contribution in [0.25, 0.3) is 22.3 Å². The van der Waals surface area contributed by atoms with Gasteiger partial charge in [0, 0.05) is 34.0 Å². The minimum atomic E-state index is -0.0771. The fourth-order valence-corrected chi connectivity index (χ4v) is 7.52. The average molecular weight is 598 g/mol. The first-order chi connectivity index (χ1) is 23.3. The first-order valence-corrected chi connectivity index (χ1v) is 16.0. The van der Waals surface area contributed by atoms with Crippen LogP contribution in [0.5, 0.6) is 0 Å². The minimum absolute atomic E-state index is 0.0771. The molecule has 0 bridgehead atoms. The van der Waals surface area contributed by atoms with Crippen LogP contribution in [-0.4, -0.2) is 6.71 Å². The second-order valence-corrected chi connectivity index (χ2v) is 12.0. The molecule has 0 radical (unpaired) electrons. The minimum Gasteiger partial charge on any atom is -0.311 e. The monoisotopic (exact) mass is 597 g/mol. The highest BCUT2D eigenvalue weighted by atomic mass is 15.2. The lowest BCUT2D eigenvalue weighted by Crippen LogP contribution is -2.61. The summed E-state index contributed by atoms with van der Waals surface area (Å²) < 4.78 is 0. The van der Waals surface area contributed by atoms with Crippen LogP contribution in [0.1, 0.15) is 5.56 Å². The number of rotatable bonds is 4. The lowest BCUT2D eigenvalue weighted by molar-refractivity contribution is 1.25. The van der Waals surface area contributed by atoms with Gasteiger partial charge in [0.25, 0.3) is 6.71 Å². The quantitative estimate of drug-likeness (QED) is 0.190. The summed E-state index contributed by atoms with van der Waals surface area (Å²) >= 11 is 0. The van der Waals surface area contributed by atoms with E-state index in [1.807, 2.05) is 18.2 Å². The Labute approximate surface area is 275 Å². The van der Waals surface area contributed by atoms with Crippen molar-refractivity contribution < 1.29 is 0 Å². The normalized spacial score (nSPS) is 12.5. The van der Waals surface area contributed by atoms with E-state index in [9.17, 15) is 5.26 Å². The second-order valence-electron chi connectivity index (χ2n) is 12.0. The zero-order chi connectivity index (χ0) is 31.3. The van der Waals surface area contributed by atoms with Gasteiger partial charge >= 0.3 is 0 Å². The molecule has 0 fully saturated rings. The van der Waals surface area contributed by atoms with E-state index >= 15 is 0 Å². The molecule has 0 N–H and O–H groups in total. The van der Waals surface area contributed by atoms with Crippen molar-refractivity contribution in [3.63, 3.8) is 0 Å². The van der Waals surface area contributed by atoms with Gasteiger partial charge < -0.3 is 9.80 Å². The third kappa shape index (κ3) is 4.21. The molecule has 0 unspecified atom stereocenters. The Morgan fingerprint density at radius 2 is 0.936 bits per heavy atom. The van der Waals surface area contributed by atoms with Crippen molar-refractivity contribution in [3.8, 4) is 28.3 Å². The Kier molecular flexibility index (Phi) is 6.30. The van der Waals surface area contributed by atoms with Crippen LogP contribution in [0.4, 0.5) is 34.1 Å². The number of nitriles is 1. The Hall–Kier alpha value is -6.31. The van der Waals surface area contributed by atoms with Gasteiger partial charge in [-0.2, -0.15) is 5.26 Å². The summed E-state index contributed by atoms with van der Waals surface area (Å²) in [6.07, 6.45) is 0. The van der Waals surface area contributed by atoms with Crippen molar-refractivity contribution in [2.24, 2.45) is 0 Å². The van der Waals surface area contributed by atoms with E-state index in [2.05, 4.69) is 168 Å². The molecule has 7 aromatic carbocycles. The van der Waals surface area contributed by atoms with Crippen molar-refractivity contribution in [2.45, 2.75) is 0 Å². The molecule has 2 aliphatic rings. The Morgan fingerprint density at radius 1 is 0.447 bits per heavy atom. The number of benzene rings is 7. The summed E-state index contributed by atoms with van der Waals surface area (Å²) in [7, 11) is 0. The molecule has 7 aromatic rings. The zero-order valence-corrected chi connectivity index (χ0v) is 25.6. The fraction of sp³-hybridized carbons (Fsp3) is 0. The van der Waals surface area contributed by atoms with Crippen LogP contribution in [0.2, 0.25) is 0 Å². The van der Waals surface area contributed by atoms with Crippen LogP contribution in [0.15, 0.2) is 170 Å². The first-order valence-electron chi connectivity index (χ1n) is 16.0. The molecule has 218 valence electrons. The Balaban J connectivity index is 1.46. The summed E-state index contributed by atoms with van der Waals surface area (Å²) in [6, 6.07) is 62.6. The maximum atomic E-state index is 10.6. The molecular weight excluding hydrogens is 569 g/mol. The van der Waals surface area contributed by atoms with Gasteiger partial charge in [-0.25, -0.2) is 0 Å². The highest BCUT2D eigenvalue weighted by Crippen LogP contribution is 2.48. The molecule has 4 heteroatoms. The highest BCUT2D eigenvalue weighted by molar-refractivity contribution is 7.00. The van der Waals surface area contributed by atoms with Gasteiger partial charge in [-0.15, -0.1) is 0 Å². The van der Waals surface area contributed by atoms with Crippen molar-refractivity contribution >= 4 is 57.2 Å². The molecule has 0 saturated carbocycles. The van der Waals surface area contributed by atoms with Crippen molar-refractivity contribution in [1.29, 1.82) is 5.26 Å². The number of anilines is 6. The molecule has 0 amide bonds. The maximum Gasteiger partial charge on any atom is 0.252 e. The van der Waals surface area contributed by atoms with Crippen LogP contribution in [0.3, 0.4) is 0 Å². The van der Waals surface area contributed by atoms with E-state index in [4.69, 9.17) is 0 Å². The number of hydrogen-bond acceptors (Lipinski definition) is 3. The summed E-state index contributed by atoms with van der Waals surface area (Å²) in [5.41, 5.74) is 15.3. The fourth-order valence-electron chi connectivity index (χ4n) is 7.52. The molecule has 3 nitrogen and oxygen atoms in total. The van der Waals surface area contributed by atoms with Gasteiger partial charge in [-0.05, 0) is 75.5 Å². The van der Waals surface area contributed by atoms with Crippen LogP contribution >= 0.6 is 0 Å². The van der Waals surface area contributed by atoms with E-state index in [-0.39, 0.29) is 6.71 Å². The third-order valence-corrected chi connectivity index (χ3v) is 9.45. The molecule has 0 aromatic heterocycles. The van der Waals surface area contributed by atoms with Gasteiger partial charge in [-0.1, -0.05) is 127 Å². The van der Waals surface area contributed by atoms with Gasteiger partial charge in [-0.3, -0.25) is 0 Å². The smallest absolute Gasteiger partial charge is 0.252 e. The van der Waals surface area contributed by atoms with Gasteiger partial charge in [0.15, 0.2) is 0 Å². The SMILES string of the molecule is N#Cc1cccc2c1N(c1ccccc1)c1cc(-c3ccccc3)cc3c1B2c1cccc(-c2ccccc2)c1N3c1ccccc1. The molecule has 0 aliphatic carbocycles. The zero-order valence-electron chi connectivity index (χ0n) is 25.6. The van der Waals surface area contributed by atoms with Crippen molar-refractivity contribution in [3.05, 3.63) is 175 Å². The molecule has 47 heavy (non-hydrogen) atoms. The number of para-hydroxylation sites is 4.